The van der Waals surface area contributed by atoms with E-state index in [-0.39, 0.29) is 0 Å². The Bertz CT molecular complexity index is 204. The summed E-state index contributed by atoms with van der Waals surface area (Å²) in [4.78, 5) is 11.0. The number of fused-ring (bicyclic) bond motifs is 3. The van der Waals surface area contributed by atoms with Gasteiger partial charge in [-0.3, -0.25) is 4.79 Å². The highest BCUT2D eigenvalue weighted by atomic mass is 16.4. The minimum atomic E-state index is -0.798. The van der Waals surface area contributed by atoms with E-state index in [4.69, 9.17) is 5.11 Å². The maximum Gasteiger partial charge on any atom is 0.312 e. The number of aliphatic hydroxyl groups excluding tert-OH is 1. The molecule has 3 fully saturated rings. The van der Waals surface area contributed by atoms with Crippen molar-refractivity contribution < 1.29 is 15.0 Å². The molecule has 2 bridgehead atoms. The van der Waals surface area contributed by atoms with Crippen LogP contribution in [0.3, 0.4) is 0 Å². The van der Waals surface area contributed by atoms with Crippen molar-refractivity contribution in [2.24, 2.45) is 11.3 Å². The smallest absolute Gasteiger partial charge is 0.312 e. The van der Waals surface area contributed by atoms with Crippen molar-refractivity contribution in [3.8, 4) is 0 Å². The van der Waals surface area contributed by atoms with Crippen LogP contribution in [-0.4, -0.2) is 22.3 Å². The van der Waals surface area contributed by atoms with Gasteiger partial charge in [0.05, 0.1) is 11.5 Å². The third-order valence-electron chi connectivity index (χ3n) is 3.62. The molecule has 1 atom stereocenters. The van der Waals surface area contributed by atoms with Crippen LogP contribution in [0.2, 0.25) is 0 Å². The first-order chi connectivity index (χ1) is 5.65. The molecule has 0 aromatic rings. The first kappa shape index (κ1) is 8.05. The summed E-state index contributed by atoms with van der Waals surface area (Å²) in [6, 6.07) is 0. The average Bonchev–Trinajstić information content (AvgIpc) is 2.05. The summed E-state index contributed by atoms with van der Waals surface area (Å²) in [5, 5.41) is 18.7. The molecule has 3 aliphatic rings. The van der Waals surface area contributed by atoms with Gasteiger partial charge in [-0.05, 0) is 38.0 Å². The molecule has 0 saturated heterocycles. The molecule has 12 heavy (non-hydrogen) atoms. The van der Waals surface area contributed by atoms with E-state index in [2.05, 4.69) is 0 Å². The van der Waals surface area contributed by atoms with E-state index in [9.17, 15) is 9.90 Å². The van der Waals surface area contributed by atoms with Crippen molar-refractivity contribution in [2.75, 3.05) is 0 Å². The van der Waals surface area contributed by atoms with Crippen LogP contribution in [0.1, 0.15) is 32.1 Å². The molecule has 0 spiro atoms. The van der Waals surface area contributed by atoms with Crippen LogP contribution in [0, 0.1) is 11.3 Å². The summed E-state index contributed by atoms with van der Waals surface area (Å²) in [5.74, 6) is -0.214. The van der Waals surface area contributed by atoms with Gasteiger partial charge in [-0.1, -0.05) is 0 Å². The van der Waals surface area contributed by atoms with Gasteiger partial charge in [0.1, 0.15) is 0 Å². The fraction of sp³-hybridized carbons (Fsp3) is 0.889. The van der Waals surface area contributed by atoms with Crippen molar-refractivity contribution in [3.05, 3.63) is 0 Å². The average molecular weight is 170 g/mol. The minimum Gasteiger partial charge on any atom is -0.481 e. The Balaban J connectivity index is 2.26. The first-order valence-corrected chi connectivity index (χ1v) is 4.56. The van der Waals surface area contributed by atoms with Gasteiger partial charge < -0.3 is 10.2 Å². The monoisotopic (exact) mass is 170 g/mol. The van der Waals surface area contributed by atoms with Crippen molar-refractivity contribution in [1.29, 1.82) is 0 Å². The van der Waals surface area contributed by atoms with E-state index in [0.717, 1.165) is 12.8 Å². The molecule has 3 heteroatoms. The van der Waals surface area contributed by atoms with Gasteiger partial charge in [-0.15, -0.1) is 0 Å². The predicted octanol–water partition coefficient (Wildman–Crippen LogP) is 1.01. The highest BCUT2D eigenvalue weighted by Crippen LogP contribution is 2.50. The molecule has 0 aromatic heterocycles. The summed E-state index contributed by atoms with van der Waals surface area (Å²) >= 11 is 0. The normalized spacial score (nSPS) is 46.1. The molecule has 0 heterocycles. The van der Waals surface area contributed by atoms with Gasteiger partial charge in [0, 0.05) is 0 Å². The molecular formula is C9H14O3. The van der Waals surface area contributed by atoms with Crippen LogP contribution >= 0.6 is 0 Å². The summed E-state index contributed by atoms with van der Waals surface area (Å²) in [7, 11) is 0. The lowest BCUT2D eigenvalue weighted by atomic mass is 9.59. The number of aliphatic hydroxyl groups is 1. The lowest BCUT2D eigenvalue weighted by molar-refractivity contribution is -0.169. The van der Waals surface area contributed by atoms with E-state index in [1.165, 1.54) is 0 Å². The summed E-state index contributed by atoms with van der Waals surface area (Å²) in [6.45, 7) is 0. The molecule has 3 aliphatic carbocycles. The molecule has 3 nitrogen and oxygen atoms in total. The second-order valence-electron chi connectivity index (χ2n) is 4.16. The Kier molecular flexibility index (Phi) is 1.65. The Morgan fingerprint density at radius 2 is 1.92 bits per heavy atom. The van der Waals surface area contributed by atoms with E-state index >= 15 is 0 Å². The maximum atomic E-state index is 11.0. The van der Waals surface area contributed by atoms with E-state index in [1.54, 1.807) is 0 Å². The lowest BCUT2D eigenvalue weighted by Gasteiger charge is -2.46. The van der Waals surface area contributed by atoms with Crippen molar-refractivity contribution in [3.63, 3.8) is 0 Å². The standard InChI is InChI=1S/C9H14O3/c10-7-5-6-1-3-9(7,4-2-6)8(11)12/h6-7,10H,1-5H2,(H,11,12). The Hall–Kier alpha value is -0.570. The van der Waals surface area contributed by atoms with Gasteiger partial charge in [-0.25, -0.2) is 0 Å². The number of carbonyl (C=O) groups is 1. The molecular weight excluding hydrogens is 156 g/mol. The summed E-state index contributed by atoms with van der Waals surface area (Å²) < 4.78 is 0. The van der Waals surface area contributed by atoms with E-state index in [0.29, 0.717) is 25.2 Å². The van der Waals surface area contributed by atoms with Gasteiger partial charge in [0.2, 0.25) is 0 Å². The molecule has 3 rings (SSSR count). The third-order valence-corrected chi connectivity index (χ3v) is 3.62. The van der Waals surface area contributed by atoms with Crippen LogP contribution in [0.5, 0.6) is 0 Å². The molecule has 2 N–H and O–H groups in total. The molecule has 1 unspecified atom stereocenters. The molecule has 0 amide bonds. The van der Waals surface area contributed by atoms with Crippen LogP contribution in [0.4, 0.5) is 0 Å². The fourth-order valence-electron chi connectivity index (χ4n) is 2.66. The summed E-state index contributed by atoms with van der Waals surface area (Å²) in [6.07, 6.45) is 3.43. The Morgan fingerprint density at radius 1 is 1.33 bits per heavy atom. The zero-order chi connectivity index (χ0) is 8.77. The number of aliphatic carboxylic acids is 1. The quantitative estimate of drug-likeness (QED) is 0.617. The van der Waals surface area contributed by atoms with Crippen LogP contribution < -0.4 is 0 Å². The molecule has 0 aliphatic heterocycles. The number of hydrogen-bond acceptors (Lipinski definition) is 2. The van der Waals surface area contributed by atoms with Crippen molar-refractivity contribution in [1.82, 2.24) is 0 Å². The summed E-state index contributed by atoms with van der Waals surface area (Å²) in [5.41, 5.74) is -0.783. The lowest BCUT2D eigenvalue weighted by Crippen LogP contribution is -2.50. The number of hydrogen-bond donors (Lipinski definition) is 2. The molecule has 68 valence electrons. The highest BCUT2D eigenvalue weighted by molar-refractivity contribution is 5.76. The third kappa shape index (κ3) is 0.891. The topological polar surface area (TPSA) is 57.5 Å². The van der Waals surface area contributed by atoms with Crippen LogP contribution in [-0.2, 0) is 4.79 Å². The number of rotatable bonds is 1. The SMILES string of the molecule is O=C(O)C12CCC(CC1)CC2O. The highest BCUT2D eigenvalue weighted by Gasteiger charge is 2.52. The number of carboxylic acids is 1. The van der Waals surface area contributed by atoms with Crippen molar-refractivity contribution in [2.45, 2.75) is 38.2 Å². The zero-order valence-corrected chi connectivity index (χ0v) is 6.99. The van der Waals surface area contributed by atoms with E-state index < -0.39 is 17.5 Å². The Labute approximate surface area is 71.4 Å². The van der Waals surface area contributed by atoms with Gasteiger partial charge in [0.15, 0.2) is 0 Å². The van der Waals surface area contributed by atoms with Gasteiger partial charge >= 0.3 is 5.97 Å². The first-order valence-electron chi connectivity index (χ1n) is 4.56. The minimum absolute atomic E-state index is 0.584. The van der Waals surface area contributed by atoms with Gasteiger partial charge in [-0.2, -0.15) is 0 Å². The Morgan fingerprint density at radius 3 is 2.25 bits per heavy atom. The zero-order valence-electron chi connectivity index (χ0n) is 6.99. The molecule has 0 radical (unpaired) electrons. The largest absolute Gasteiger partial charge is 0.481 e. The second-order valence-corrected chi connectivity index (χ2v) is 4.16. The maximum absolute atomic E-state index is 11.0. The molecule has 3 saturated carbocycles. The number of carboxylic acid groups (broad SMARTS) is 1. The second kappa shape index (κ2) is 2.46. The van der Waals surface area contributed by atoms with Crippen molar-refractivity contribution >= 4 is 5.97 Å². The van der Waals surface area contributed by atoms with Crippen LogP contribution in [0.25, 0.3) is 0 Å². The molecule has 0 aromatic carbocycles. The van der Waals surface area contributed by atoms with Crippen LogP contribution in [0.15, 0.2) is 0 Å². The predicted molar refractivity (Wildman–Crippen MR) is 42.7 cm³/mol. The van der Waals surface area contributed by atoms with E-state index in [1.807, 2.05) is 0 Å². The van der Waals surface area contributed by atoms with Gasteiger partial charge in [0.25, 0.3) is 0 Å². The fourth-order valence-corrected chi connectivity index (χ4v) is 2.66.